The fourth-order valence-corrected chi connectivity index (χ4v) is 3.61. The van der Waals surface area contributed by atoms with Crippen molar-refractivity contribution >= 4 is 33.0 Å². The van der Waals surface area contributed by atoms with E-state index in [2.05, 4.69) is 26.0 Å². The van der Waals surface area contributed by atoms with Crippen LogP contribution >= 0.6 is 15.9 Å². The van der Waals surface area contributed by atoms with Crippen molar-refractivity contribution in [2.75, 3.05) is 0 Å². The zero-order valence-electron chi connectivity index (χ0n) is 17.5. The van der Waals surface area contributed by atoms with Crippen molar-refractivity contribution in [2.24, 2.45) is 5.10 Å². The van der Waals surface area contributed by atoms with Gasteiger partial charge in [-0.15, -0.1) is 0 Å². The number of hydrogen-bond donors (Lipinski definition) is 0. The van der Waals surface area contributed by atoms with E-state index in [9.17, 15) is 9.18 Å². The van der Waals surface area contributed by atoms with Gasteiger partial charge < -0.3 is 4.74 Å². The molecule has 0 saturated carbocycles. The molecule has 0 N–H and O–H groups in total. The molecule has 3 aromatic carbocycles. The third kappa shape index (κ3) is 4.94. The molecule has 7 heteroatoms. The average Bonchev–Trinajstić information content (AvgIpc) is 2.80. The predicted octanol–water partition coefficient (Wildman–Crippen LogP) is 5.71. The first kappa shape index (κ1) is 21.9. The fraction of sp³-hybridized carbons (Fsp3) is 0.160. The molecule has 0 radical (unpaired) electrons. The van der Waals surface area contributed by atoms with Gasteiger partial charge in [-0.3, -0.25) is 4.79 Å². The molecule has 0 bridgehead atoms. The first-order valence-electron chi connectivity index (χ1n) is 10.3. The normalized spacial score (nSPS) is 11.3. The average molecular weight is 494 g/mol. The van der Waals surface area contributed by atoms with E-state index in [0.29, 0.717) is 34.5 Å². The van der Waals surface area contributed by atoms with Crippen molar-refractivity contribution in [1.29, 1.82) is 0 Å². The number of aromatic nitrogens is 2. The molecule has 4 rings (SSSR count). The van der Waals surface area contributed by atoms with Crippen LogP contribution in [0.2, 0.25) is 0 Å². The quantitative estimate of drug-likeness (QED) is 0.309. The van der Waals surface area contributed by atoms with Gasteiger partial charge in [-0.25, -0.2) is 9.37 Å². The molecule has 162 valence electrons. The second kappa shape index (κ2) is 9.87. The maximum Gasteiger partial charge on any atom is 0.282 e. The Hall–Kier alpha value is -3.32. The summed E-state index contributed by atoms with van der Waals surface area (Å²) < 4.78 is 21.6. The topological polar surface area (TPSA) is 56.5 Å². The Kier molecular flexibility index (Phi) is 6.75. The van der Waals surface area contributed by atoms with Gasteiger partial charge in [-0.2, -0.15) is 9.78 Å². The molecule has 1 aromatic heterocycles. The summed E-state index contributed by atoms with van der Waals surface area (Å²) in [6.45, 7) is 2.18. The second-order valence-corrected chi connectivity index (χ2v) is 8.17. The Balaban J connectivity index is 1.56. The number of benzene rings is 3. The van der Waals surface area contributed by atoms with Gasteiger partial charge in [0.15, 0.2) is 0 Å². The summed E-state index contributed by atoms with van der Waals surface area (Å²) in [6, 6.07) is 19.2. The minimum Gasteiger partial charge on any atom is -0.489 e. The molecule has 0 saturated heterocycles. The number of nitrogens with zero attached hydrogens (tertiary/aromatic N) is 3. The highest BCUT2D eigenvalue weighted by Gasteiger charge is 2.10. The number of fused-ring (bicyclic) bond motifs is 1. The van der Waals surface area contributed by atoms with Crippen LogP contribution in [0.4, 0.5) is 4.39 Å². The first-order valence-corrected chi connectivity index (χ1v) is 11.1. The lowest BCUT2D eigenvalue weighted by atomic mass is 10.2. The highest BCUT2D eigenvalue weighted by atomic mass is 79.9. The van der Waals surface area contributed by atoms with Gasteiger partial charge in [-0.1, -0.05) is 41.1 Å². The van der Waals surface area contributed by atoms with Gasteiger partial charge in [0.2, 0.25) is 0 Å². The van der Waals surface area contributed by atoms with E-state index in [-0.39, 0.29) is 18.0 Å². The van der Waals surface area contributed by atoms with E-state index < -0.39 is 0 Å². The smallest absolute Gasteiger partial charge is 0.282 e. The summed E-state index contributed by atoms with van der Waals surface area (Å²) in [7, 11) is 0. The molecule has 0 fully saturated rings. The summed E-state index contributed by atoms with van der Waals surface area (Å²) in [5, 5.41) is 4.93. The third-order valence-corrected chi connectivity index (χ3v) is 5.40. The molecule has 32 heavy (non-hydrogen) atoms. The maximum atomic E-state index is 13.7. The molecule has 0 aliphatic rings. The monoisotopic (exact) mass is 493 g/mol. The van der Waals surface area contributed by atoms with Gasteiger partial charge in [-0.05, 0) is 60.5 Å². The molecule has 0 aliphatic heterocycles. The largest absolute Gasteiger partial charge is 0.489 e. The Morgan fingerprint density at radius 3 is 2.66 bits per heavy atom. The van der Waals surface area contributed by atoms with Gasteiger partial charge >= 0.3 is 0 Å². The number of aryl methyl sites for hydroxylation is 1. The molecule has 4 aromatic rings. The Bertz CT molecular complexity index is 1330. The lowest BCUT2D eigenvalue weighted by Crippen LogP contribution is -2.22. The Labute approximate surface area is 193 Å². The van der Waals surface area contributed by atoms with E-state index in [0.717, 1.165) is 16.5 Å². The van der Waals surface area contributed by atoms with Crippen molar-refractivity contribution in [3.05, 3.63) is 104 Å². The lowest BCUT2D eigenvalue weighted by molar-refractivity contribution is 0.300. The van der Waals surface area contributed by atoms with Gasteiger partial charge in [0.05, 0.1) is 17.1 Å². The molecule has 0 spiro atoms. The van der Waals surface area contributed by atoms with Crippen molar-refractivity contribution in [3.63, 3.8) is 0 Å². The van der Waals surface area contributed by atoms with E-state index in [1.54, 1.807) is 42.6 Å². The van der Waals surface area contributed by atoms with E-state index >= 15 is 0 Å². The summed E-state index contributed by atoms with van der Waals surface area (Å²) in [5.74, 6) is 0.945. The van der Waals surface area contributed by atoms with Gasteiger partial charge in [0.1, 0.15) is 24.0 Å². The second-order valence-electron chi connectivity index (χ2n) is 7.25. The molecule has 0 atom stereocenters. The van der Waals surface area contributed by atoms with E-state index in [1.165, 1.54) is 10.7 Å². The minimum absolute atomic E-state index is 0.147. The Morgan fingerprint density at radius 2 is 1.91 bits per heavy atom. The lowest BCUT2D eigenvalue weighted by Gasteiger charge is -2.09. The van der Waals surface area contributed by atoms with Crippen LogP contribution in [0.5, 0.6) is 5.75 Å². The van der Waals surface area contributed by atoms with Crippen LogP contribution in [0.15, 0.2) is 81.1 Å². The van der Waals surface area contributed by atoms with Crippen LogP contribution in [0.3, 0.4) is 0 Å². The van der Waals surface area contributed by atoms with E-state index in [4.69, 9.17) is 4.74 Å². The summed E-state index contributed by atoms with van der Waals surface area (Å²) in [6.07, 6.45) is 3.10. The molecule has 0 unspecified atom stereocenters. The van der Waals surface area contributed by atoms with Crippen LogP contribution in [-0.4, -0.2) is 15.9 Å². The standard InChI is InChI=1S/C25H21BrFN3O2/c1-2-5-24-29-23-13-10-19(26)14-21(23)25(31)30(24)28-15-17-8-11-20(12-9-17)32-16-18-6-3-4-7-22(18)27/h3-4,6-15H,2,5,16H2,1H3. The van der Waals surface area contributed by atoms with Crippen LogP contribution in [0, 0.1) is 5.82 Å². The number of ether oxygens (including phenoxy) is 1. The van der Waals surface area contributed by atoms with Crippen LogP contribution < -0.4 is 10.3 Å². The SMILES string of the molecule is CCCc1nc2ccc(Br)cc2c(=O)n1N=Cc1ccc(OCc2ccccc2F)cc1. The number of rotatable bonds is 7. The molecular weight excluding hydrogens is 473 g/mol. The van der Waals surface area contributed by atoms with Gasteiger partial charge in [0, 0.05) is 16.5 Å². The molecule has 0 amide bonds. The Morgan fingerprint density at radius 1 is 1.12 bits per heavy atom. The highest BCUT2D eigenvalue weighted by Crippen LogP contribution is 2.17. The molecular formula is C25H21BrFN3O2. The van der Waals surface area contributed by atoms with Gasteiger partial charge in [0.25, 0.3) is 5.56 Å². The van der Waals surface area contributed by atoms with Crippen LogP contribution in [-0.2, 0) is 13.0 Å². The van der Waals surface area contributed by atoms with Crippen LogP contribution in [0.1, 0.15) is 30.3 Å². The zero-order chi connectivity index (χ0) is 22.5. The fourth-order valence-electron chi connectivity index (χ4n) is 3.25. The highest BCUT2D eigenvalue weighted by molar-refractivity contribution is 9.10. The molecule has 1 heterocycles. The first-order chi connectivity index (χ1) is 15.5. The summed E-state index contributed by atoms with van der Waals surface area (Å²) in [4.78, 5) is 17.7. The number of halogens is 2. The maximum absolute atomic E-state index is 13.7. The molecule has 0 aliphatic carbocycles. The number of hydrogen-bond acceptors (Lipinski definition) is 4. The van der Waals surface area contributed by atoms with Crippen LogP contribution in [0.25, 0.3) is 10.9 Å². The van der Waals surface area contributed by atoms with Crippen molar-refractivity contribution in [3.8, 4) is 5.75 Å². The summed E-state index contributed by atoms with van der Waals surface area (Å²) in [5.41, 5.74) is 1.74. The third-order valence-electron chi connectivity index (χ3n) is 4.90. The van der Waals surface area contributed by atoms with Crippen molar-refractivity contribution < 1.29 is 9.13 Å². The van der Waals surface area contributed by atoms with Crippen molar-refractivity contribution in [1.82, 2.24) is 9.66 Å². The summed E-state index contributed by atoms with van der Waals surface area (Å²) >= 11 is 3.41. The zero-order valence-corrected chi connectivity index (χ0v) is 19.0. The molecule has 5 nitrogen and oxygen atoms in total. The minimum atomic E-state index is -0.291. The van der Waals surface area contributed by atoms with E-state index in [1.807, 2.05) is 31.2 Å². The van der Waals surface area contributed by atoms with Crippen molar-refractivity contribution in [2.45, 2.75) is 26.4 Å². The predicted molar refractivity (Wildman–Crippen MR) is 128 cm³/mol.